The number of amides is 2. The summed E-state index contributed by atoms with van der Waals surface area (Å²) in [5, 5.41) is 0. The lowest BCUT2D eigenvalue weighted by Gasteiger charge is -2.38. The van der Waals surface area contributed by atoms with Crippen molar-refractivity contribution in [3.05, 3.63) is 115 Å². The highest BCUT2D eigenvalue weighted by molar-refractivity contribution is 5.81. The molecular formula is C44H49N7O4. The zero-order chi connectivity index (χ0) is 37.9. The van der Waals surface area contributed by atoms with Crippen molar-refractivity contribution in [1.82, 2.24) is 28.9 Å². The van der Waals surface area contributed by atoms with E-state index in [-0.39, 0.29) is 30.8 Å². The van der Waals surface area contributed by atoms with E-state index in [4.69, 9.17) is 19.4 Å². The quantitative estimate of drug-likeness (QED) is 0.155. The smallest absolute Gasteiger partial charge is 0.410 e. The second-order valence-corrected chi connectivity index (χ2v) is 15.6. The van der Waals surface area contributed by atoms with E-state index in [9.17, 15) is 9.59 Å². The van der Waals surface area contributed by atoms with Gasteiger partial charge in [-0.1, -0.05) is 84.9 Å². The molecule has 4 aromatic carbocycles. The Kier molecular flexibility index (Phi) is 10.2. The summed E-state index contributed by atoms with van der Waals surface area (Å²) in [6, 6.07) is 36.8. The number of para-hydroxylation sites is 4. The lowest BCUT2D eigenvalue weighted by Crippen LogP contribution is -2.50. The Hall–Kier alpha value is -5.84. The SMILES string of the molecule is CC(C)(C)OC(=O)N1CCC(C(COC(=O)N2CCN(c3nc4ccccc4n3Cc3ccccc3)CC2)n2c(-c3ccccc3)nc3ccccc32)CC1. The number of likely N-dealkylation sites (tertiary alicyclic amines) is 1. The molecule has 2 fully saturated rings. The van der Waals surface area contributed by atoms with Crippen LogP contribution in [0.5, 0.6) is 0 Å². The lowest BCUT2D eigenvalue weighted by atomic mass is 9.89. The summed E-state index contributed by atoms with van der Waals surface area (Å²) in [5.74, 6) is 1.88. The number of ether oxygens (including phenoxy) is 2. The molecular weight excluding hydrogens is 691 g/mol. The Balaban J connectivity index is 1.01. The van der Waals surface area contributed by atoms with Gasteiger partial charge in [-0.15, -0.1) is 0 Å². The largest absolute Gasteiger partial charge is 0.447 e. The minimum atomic E-state index is -0.562. The van der Waals surface area contributed by atoms with Crippen LogP contribution in [0.15, 0.2) is 109 Å². The lowest BCUT2D eigenvalue weighted by molar-refractivity contribution is 0.0136. The van der Waals surface area contributed by atoms with E-state index in [1.807, 2.05) is 74.2 Å². The standard InChI is InChI=1S/C44H49N7O4/c1-44(2,3)55-43(53)48-24-22-33(23-25-48)39(51-38-21-13-11-19-36(38)45-40(51)34-16-8-5-9-17-34)31-54-42(52)49-28-26-47(27-29-49)41-46-35-18-10-12-20-37(35)50(41)30-32-14-6-4-7-15-32/h4-21,33,39H,22-31H2,1-3H3. The Labute approximate surface area is 322 Å². The van der Waals surface area contributed by atoms with E-state index in [0.717, 1.165) is 52.2 Å². The Bertz CT molecular complexity index is 2250. The number of anilines is 1. The molecule has 284 valence electrons. The van der Waals surface area contributed by atoms with E-state index in [2.05, 4.69) is 74.7 Å². The summed E-state index contributed by atoms with van der Waals surface area (Å²) in [6.07, 6.45) is 0.872. The third kappa shape index (κ3) is 7.87. The van der Waals surface area contributed by atoms with Gasteiger partial charge in [-0.05, 0) is 69.4 Å². The summed E-state index contributed by atoms with van der Waals surface area (Å²) in [5.41, 5.74) is 5.57. The fourth-order valence-electron chi connectivity index (χ4n) is 7.95. The molecule has 11 heteroatoms. The van der Waals surface area contributed by atoms with Crippen LogP contribution in [-0.4, -0.2) is 92.6 Å². The number of piperidine rings is 1. The van der Waals surface area contributed by atoms with Crippen LogP contribution in [0.1, 0.15) is 45.2 Å². The van der Waals surface area contributed by atoms with Gasteiger partial charge < -0.3 is 33.3 Å². The van der Waals surface area contributed by atoms with Gasteiger partial charge in [0.15, 0.2) is 0 Å². The van der Waals surface area contributed by atoms with Crippen molar-refractivity contribution in [3.8, 4) is 11.4 Å². The van der Waals surface area contributed by atoms with Crippen molar-refractivity contribution >= 4 is 40.2 Å². The molecule has 4 heterocycles. The number of nitrogens with zero attached hydrogens (tertiary/aromatic N) is 7. The van der Waals surface area contributed by atoms with Crippen molar-refractivity contribution < 1.29 is 19.1 Å². The van der Waals surface area contributed by atoms with Crippen molar-refractivity contribution in [1.29, 1.82) is 0 Å². The molecule has 1 atom stereocenters. The number of imidazole rings is 2. The molecule has 0 radical (unpaired) electrons. The molecule has 0 bridgehead atoms. The average molecular weight is 740 g/mol. The molecule has 2 saturated heterocycles. The first-order chi connectivity index (χ1) is 26.7. The highest BCUT2D eigenvalue weighted by Crippen LogP contribution is 2.37. The molecule has 0 aliphatic carbocycles. The highest BCUT2D eigenvalue weighted by atomic mass is 16.6. The summed E-state index contributed by atoms with van der Waals surface area (Å²) in [4.78, 5) is 42.9. The number of hydrogen-bond donors (Lipinski definition) is 0. The van der Waals surface area contributed by atoms with Crippen LogP contribution in [0.3, 0.4) is 0 Å². The van der Waals surface area contributed by atoms with Crippen LogP contribution in [0.25, 0.3) is 33.5 Å². The maximum Gasteiger partial charge on any atom is 0.410 e. The third-order valence-electron chi connectivity index (χ3n) is 10.7. The number of carbonyl (C=O) groups excluding carboxylic acids is 2. The van der Waals surface area contributed by atoms with Crippen molar-refractivity contribution in [2.45, 2.75) is 51.8 Å². The number of benzene rings is 4. The molecule has 0 N–H and O–H groups in total. The third-order valence-corrected chi connectivity index (χ3v) is 10.7. The minimum absolute atomic E-state index is 0.126. The summed E-state index contributed by atoms with van der Waals surface area (Å²) in [6.45, 7) is 10.0. The molecule has 2 aromatic heterocycles. The average Bonchev–Trinajstić information content (AvgIpc) is 3.77. The van der Waals surface area contributed by atoms with Gasteiger partial charge in [0.1, 0.15) is 18.0 Å². The van der Waals surface area contributed by atoms with Crippen LogP contribution in [0.2, 0.25) is 0 Å². The maximum atomic E-state index is 13.9. The molecule has 2 amide bonds. The van der Waals surface area contributed by atoms with E-state index >= 15 is 0 Å². The molecule has 55 heavy (non-hydrogen) atoms. The molecule has 6 aromatic rings. The van der Waals surface area contributed by atoms with E-state index < -0.39 is 5.60 Å². The van der Waals surface area contributed by atoms with Crippen LogP contribution in [-0.2, 0) is 16.0 Å². The first-order valence-corrected chi connectivity index (χ1v) is 19.4. The fourth-order valence-corrected chi connectivity index (χ4v) is 7.95. The van der Waals surface area contributed by atoms with E-state index in [0.29, 0.717) is 45.8 Å². The Morgan fingerprint density at radius 2 is 1.27 bits per heavy atom. The topological polar surface area (TPSA) is 98.0 Å². The molecule has 1 unspecified atom stereocenters. The van der Waals surface area contributed by atoms with Gasteiger partial charge >= 0.3 is 12.2 Å². The predicted molar refractivity (Wildman–Crippen MR) is 215 cm³/mol. The van der Waals surface area contributed by atoms with E-state index in [1.54, 1.807) is 4.90 Å². The molecule has 0 spiro atoms. The number of carbonyl (C=O) groups is 2. The van der Waals surface area contributed by atoms with Gasteiger partial charge in [0.25, 0.3) is 0 Å². The predicted octanol–water partition coefficient (Wildman–Crippen LogP) is 8.25. The van der Waals surface area contributed by atoms with Crippen LogP contribution in [0.4, 0.5) is 15.5 Å². The number of hydrogen-bond acceptors (Lipinski definition) is 7. The van der Waals surface area contributed by atoms with Gasteiger partial charge in [0.2, 0.25) is 5.95 Å². The Morgan fingerprint density at radius 1 is 0.691 bits per heavy atom. The summed E-state index contributed by atoms with van der Waals surface area (Å²) in [7, 11) is 0. The molecule has 11 nitrogen and oxygen atoms in total. The first kappa shape index (κ1) is 36.2. The molecule has 2 aliphatic heterocycles. The Morgan fingerprint density at radius 3 is 1.95 bits per heavy atom. The number of rotatable bonds is 8. The van der Waals surface area contributed by atoms with Gasteiger partial charge in [-0.2, -0.15) is 0 Å². The van der Waals surface area contributed by atoms with Gasteiger partial charge in [0, 0.05) is 44.8 Å². The number of piperazine rings is 1. The minimum Gasteiger partial charge on any atom is -0.447 e. The van der Waals surface area contributed by atoms with Crippen molar-refractivity contribution in [2.75, 3.05) is 50.8 Å². The van der Waals surface area contributed by atoms with Crippen LogP contribution < -0.4 is 4.90 Å². The van der Waals surface area contributed by atoms with E-state index in [1.165, 1.54) is 5.56 Å². The first-order valence-electron chi connectivity index (χ1n) is 19.4. The second-order valence-electron chi connectivity index (χ2n) is 15.6. The number of aromatic nitrogens is 4. The molecule has 2 aliphatic rings. The summed E-state index contributed by atoms with van der Waals surface area (Å²) >= 11 is 0. The highest BCUT2D eigenvalue weighted by Gasteiger charge is 2.35. The van der Waals surface area contributed by atoms with Crippen molar-refractivity contribution in [2.24, 2.45) is 5.92 Å². The summed E-state index contributed by atoms with van der Waals surface area (Å²) < 4.78 is 16.5. The van der Waals surface area contributed by atoms with Gasteiger partial charge in [-0.3, -0.25) is 0 Å². The molecule has 0 saturated carbocycles. The fraction of sp³-hybridized carbons (Fsp3) is 0.364. The molecule has 8 rings (SSSR count). The van der Waals surface area contributed by atoms with Gasteiger partial charge in [-0.25, -0.2) is 19.6 Å². The maximum absolute atomic E-state index is 13.9. The normalized spacial score (nSPS) is 16.1. The zero-order valence-electron chi connectivity index (χ0n) is 31.9. The number of fused-ring (bicyclic) bond motifs is 2. The van der Waals surface area contributed by atoms with Crippen LogP contribution in [0, 0.1) is 5.92 Å². The monoisotopic (exact) mass is 739 g/mol. The second kappa shape index (κ2) is 15.5. The van der Waals surface area contributed by atoms with Gasteiger partial charge in [0.05, 0.1) is 34.7 Å². The van der Waals surface area contributed by atoms with Crippen molar-refractivity contribution in [3.63, 3.8) is 0 Å². The zero-order valence-corrected chi connectivity index (χ0v) is 31.9. The van der Waals surface area contributed by atoms with Crippen LogP contribution >= 0.6 is 0 Å².